The van der Waals surface area contributed by atoms with E-state index in [2.05, 4.69) is 31.0 Å². The molecular formula is C14H28N2. The molecule has 2 aliphatic heterocycles. The molecule has 2 fully saturated rings. The molecule has 1 atom stereocenters. The maximum atomic E-state index is 3.50. The van der Waals surface area contributed by atoms with Crippen molar-refractivity contribution in [2.75, 3.05) is 32.7 Å². The molecule has 2 heteroatoms. The molecule has 2 heterocycles. The molecule has 0 spiro atoms. The van der Waals surface area contributed by atoms with Crippen LogP contribution in [0, 0.1) is 17.3 Å². The topological polar surface area (TPSA) is 15.3 Å². The van der Waals surface area contributed by atoms with Gasteiger partial charge in [0.2, 0.25) is 0 Å². The molecule has 0 saturated carbocycles. The minimum absolute atomic E-state index is 0.546. The Morgan fingerprint density at radius 1 is 1.31 bits per heavy atom. The van der Waals surface area contributed by atoms with E-state index in [1.807, 2.05) is 0 Å². The predicted molar refractivity (Wildman–Crippen MR) is 69.6 cm³/mol. The van der Waals surface area contributed by atoms with Gasteiger partial charge in [0.05, 0.1) is 0 Å². The van der Waals surface area contributed by atoms with Crippen LogP contribution in [0.5, 0.6) is 0 Å². The van der Waals surface area contributed by atoms with Crippen molar-refractivity contribution in [1.29, 1.82) is 0 Å². The van der Waals surface area contributed by atoms with E-state index in [-0.39, 0.29) is 0 Å². The lowest BCUT2D eigenvalue weighted by atomic mass is 9.84. The first-order valence-corrected chi connectivity index (χ1v) is 7.02. The summed E-state index contributed by atoms with van der Waals surface area (Å²) in [6.45, 7) is 13.6. The van der Waals surface area contributed by atoms with Gasteiger partial charge in [0.25, 0.3) is 0 Å². The number of nitrogens with zero attached hydrogens (tertiary/aromatic N) is 1. The Kier molecular flexibility index (Phi) is 3.91. The Hall–Kier alpha value is -0.0800. The van der Waals surface area contributed by atoms with Gasteiger partial charge in [0.1, 0.15) is 0 Å². The molecule has 1 unspecified atom stereocenters. The van der Waals surface area contributed by atoms with Crippen LogP contribution >= 0.6 is 0 Å². The summed E-state index contributed by atoms with van der Waals surface area (Å²) in [5.41, 5.74) is 0.546. The second kappa shape index (κ2) is 5.05. The van der Waals surface area contributed by atoms with Crippen molar-refractivity contribution in [3.05, 3.63) is 0 Å². The van der Waals surface area contributed by atoms with Gasteiger partial charge in [0.15, 0.2) is 0 Å². The lowest BCUT2D eigenvalue weighted by Gasteiger charge is -2.38. The summed E-state index contributed by atoms with van der Waals surface area (Å²) in [5, 5.41) is 3.50. The maximum absolute atomic E-state index is 3.50. The molecule has 0 aliphatic carbocycles. The van der Waals surface area contributed by atoms with E-state index in [4.69, 9.17) is 0 Å². The quantitative estimate of drug-likeness (QED) is 0.791. The first-order chi connectivity index (χ1) is 7.59. The van der Waals surface area contributed by atoms with Gasteiger partial charge in [-0.25, -0.2) is 0 Å². The van der Waals surface area contributed by atoms with Gasteiger partial charge in [-0.05, 0) is 56.1 Å². The molecule has 2 aliphatic rings. The molecule has 0 aromatic carbocycles. The molecular weight excluding hydrogens is 196 g/mol. The average Bonchev–Trinajstić information content (AvgIpc) is 2.65. The fraction of sp³-hybridized carbons (Fsp3) is 1.00. The number of rotatable bonds is 3. The Bertz CT molecular complexity index is 211. The fourth-order valence-electron chi connectivity index (χ4n) is 3.32. The van der Waals surface area contributed by atoms with Crippen molar-refractivity contribution in [3.8, 4) is 0 Å². The van der Waals surface area contributed by atoms with Crippen molar-refractivity contribution >= 4 is 0 Å². The molecule has 1 N–H and O–H groups in total. The highest BCUT2D eigenvalue weighted by atomic mass is 15.1. The first-order valence-electron chi connectivity index (χ1n) is 7.02. The van der Waals surface area contributed by atoms with Crippen LogP contribution in [0.1, 0.15) is 40.0 Å². The fourth-order valence-corrected chi connectivity index (χ4v) is 3.32. The van der Waals surface area contributed by atoms with Crippen LogP contribution in [0.15, 0.2) is 0 Å². The highest BCUT2D eigenvalue weighted by Gasteiger charge is 2.32. The summed E-state index contributed by atoms with van der Waals surface area (Å²) in [6, 6.07) is 0. The van der Waals surface area contributed by atoms with Gasteiger partial charge in [-0.1, -0.05) is 20.8 Å². The van der Waals surface area contributed by atoms with Crippen LogP contribution in [-0.2, 0) is 0 Å². The van der Waals surface area contributed by atoms with E-state index < -0.39 is 0 Å². The SMILES string of the molecule is CC(C)C1CCN(CC2(C)CCNC2)CC1. The molecule has 16 heavy (non-hydrogen) atoms. The van der Waals surface area contributed by atoms with E-state index in [0.717, 1.165) is 11.8 Å². The summed E-state index contributed by atoms with van der Waals surface area (Å²) in [7, 11) is 0. The highest BCUT2D eigenvalue weighted by molar-refractivity contribution is 4.88. The zero-order chi connectivity index (χ0) is 11.6. The largest absolute Gasteiger partial charge is 0.316 e. The summed E-state index contributed by atoms with van der Waals surface area (Å²) in [6.07, 6.45) is 4.19. The van der Waals surface area contributed by atoms with E-state index in [9.17, 15) is 0 Å². The smallest absolute Gasteiger partial charge is 0.00480 e. The summed E-state index contributed by atoms with van der Waals surface area (Å²) < 4.78 is 0. The van der Waals surface area contributed by atoms with Gasteiger partial charge in [-0.2, -0.15) is 0 Å². The third-order valence-corrected chi connectivity index (χ3v) is 4.64. The van der Waals surface area contributed by atoms with Crippen LogP contribution < -0.4 is 5.32 Å². The number of hydrogen-bond donors (Lipinski definition) is 1. The second-order valence-electron chi connectivity index (χ2n) is 6.60. The molecule has 0 radical (unpaired) electrons. The molecule has 0 aromatic heterocycles. The van der Waals surface area contributed by atoms with E-state index in [1.54, 1.807) is 0 Å². The predicted octanol–water partition coefficient (Wildman–Crippen LogP) is 2.35. The summed E-state index contributed by atoms with van der Waals surface area (Å²) in [4.78, 5) is 2.70. The van der Waals surface area contributed by atoms with Gasteiger partial charge < -0.3 is 10.2 Å². The normalized spacial score (nSPS) is 33.8. The highest BCUT2D eigenvalue weighted by Crippen LogP contribution is 2.29. The Morgan fingerprint density at radius 2 is 2.00 bits per heavy atom. The van der Waals surface area contributed by atoms with Crippen molar-refractivity contribution in [3.63, 3.8) is 0 Å². The number of likely N-dealkylation sites (tertiary alicyclic amines) is 1. The van der Waals surface area contributed by atoms with Crippen LogP contribution in [0.25, 0.3) is 0 Å². The monoisotopic (exact) mass is 224 g/mol. The minimum Gasteiger partial charge on any atom is -0.316 e. The first kappa shape index (κ1) is 12.4. The van der Waals surface area contributed by atoms with E-state index in [0.29, 0.717) is 5.41 Å². The van der Waals surface area contributed by atoms with Crippen molar-refractivity contribution in [2.24, 2.45) is 17.3 Å². The van der Waals surface area contributed by atoms with Crippen molar-refractivity contribution in [1.82, 2.24) is 10.2 Å². The number of hydrogen-bond acceptors (Lipinski definition) is 2. The summed E-state index contributed by atoms with van der Waals surface area (Å²) >= 11 is 0. The van der Waals surface area contributed by atoms with Crippen LogP contribution in [-0.4, -0.2) is 37.6 Å². The van der Waals surface area contributed by atoms with Crippen molar-refractivity contribution in [2.45, 2.75) is 40.0 Å². The standard InChI is InChI=1S/C14H28N2/c1-12(2)13-4-8-16(9-5-13)11-14(3)6-7-15-10-14/h12-13,15H,4-11H2,1-3H3. The number of nitrogens with one attached hydrogen (secondary N) is 1. The third kappa shape index (κ3) is 2.98. The van der Waals surface area contributed by atoms with E-state index >= 15 is 0 Å². The van der Waals surface area contributed by atoms with Crippen molar-refractivity contribution < 1.29 is 0 Å². The Labute approximate surface area is 101 Å². The molecule has 2 saturated heterocycles. The van der Waals surface area contributed by atoms with E-state index in [1.165, 1.54) is 52.0 Å². The molecule has 2 nitrogen and oxygen atoms in total. The van der Waals surface area contributed by atoms with Gasteiger partial charge in [-0.15, -0.1) is 0 Å². The summed E-state index contributed by atoms with van der Waals surface area (Å²) in [5.74, 6) is 1.86. The van der Waals surface area contributed by atoms with Crippen LogP contribution in [0.2, 0.25) is 0 Å². The lowest BCUT2D eigenvalue weighted by molar-refractivity contribution is 0.113. The molecule has 0 aromatic rings. The maximum Gasteiger partial charge on any atom is 0.00480 e. The minimum atomic E-state index is 0.546. The zero-order valence-electron chi connectivity index (χ0n) is 11.3. The van der Waals surface area contributed by atoms with Gasteiger partial charge in [0, 0.05) is 13.1 Å². The second-order valence-corrected chi connectivity index (χ2v) is 6.60. The third-order valence-electron chi connectivity index (χ3n) is 4.64. The number of piperidine rings is 1. The molecule has 2 rings (SSSR count). The average molecular weight is 224 g/mol. The van der Waals surface area contributed by atoms with Crippen LogP contribution in [0.3, 0.4) is 0 Å². The van der Waals surface area contributed by atoms with Gasteiger partial charge >= 0.3 is 0 Å². The Balaban J connectivity index is 1.76. The molecule has 0 amide bonds. The lowest BCUT2D eigenvalue weighted by Crippen LogP contribution is -2.42. The van der Waals surface area contributed by atoms with Gasteiger partial charge in [-0.3, -0.25) is 0 Å². The van der Waals surface area contributed by atoms with Crippen LogP contribution in [0.4, 0.5) is 0 Å². The molecule has 0 bridgehead atoms. The zero-order valence-corrected chi connectivity index (χ0v) is 11.3. The Morgan fingerprint density at radius 3 is 2.50 bits per heavy atom. The molecule has 94 valence electrons.